The Balaban J connectivity index is 1.51. The van der Waals surface area contributed by atoms with Crippen LogP contribution in [0.2, 0.25) is 5.02 Å². The van der Waals surface area contributed by atoms with Gasteiger partial charge in [-0.15, -0.1) is 0 Å². The maximum Gasteiger partial charge on any atom is 0.252 e. The van der Waals surface area contributed by atoms with Gasteiger partial charge in [0.2, 0.25) is 0 Å². The quantitative estimate of drug-likeness (QED) is 0.943. The molecular weight excluding hydrogens is 298 g/mol. The van der Waals surface area contributed by atoms with Crippen molar-refractivity contribution in [1.29, 1.82) is 0 Å². The summed E-state index contributed by atoms with van der Waals surface area (Å²) in [4.78, 5) is 18.3. The van der Waals surface area contributed by atoms with Crippen LogP contribution in [-0.2, 0) is 0 Å². The molecule has 1 aromatic heterocycles. The number of nitrogens with one attached hydrogen (secondary N) is 1. The van der Waals surface area contributed by atoms with Gasteiger partial charge in [0, 0.05) is 42.7 Å². The van der Waals surface area contributed by atoms with Crippen LogP contribution >= 0.6 is 11.6 Å². The summed E-state index contributed by atoms with van der Waals surface area (Å²) in [5.41, 5.74) is 1.79. The molecule has 3 rings (SSSR count). The number of hydrogen-bond acceptors (Lipinski definition) is 3. The maximum atomic E-state index is 12.0. The SMILES string of the molecule is O=C(NC[C@H]1CCN(c2ccc(Cl)cc2)C1)c1cccnc1. The number of rotatable bonds is 4. The Labute approximate surface area is 135 Å². The van der Waals surface area contributed by atoms with Crippen LogP contribution in [0.3, 0.4) is 0 Å². The molecular formula is C17H18ClN3O. The number of carbonyl (C=O) groups excluding carboxylic acids is 1. The van der Waals surface area contributed by atoms with Gasteiger partial charge in [-0.1, -0.05) is 11.6 Å². The smallest absolute Gasteiger partial charge is 0.252 e. The second kappa shape index (κ2) is 6.79. The third-order valence-electron chi connectivity index (χ3n) is 3.95. The van der Waals surface area contributed by atoms with E-state index < -0.39 is 0 Å². The summed E-state index contributed by atoms with van der Waals surface area (Å²) in [6.07, 6.45) is 4.33. The average molecular weight is 316 g/mol. The number of hydrogen-bond donors (Lipinski definition) is 1. The van der Waals surface area contributed by atoms with Crippen LogP contribution < -0.4 is 10.2 Å². The largest absolute Gasteiger partial charge is 0.371 e. The van der Waals surface area contributed by atoms with Crippen LogP contribution in [0.15, 0.2) is 48.8 Å². The lowest BCUT2D eigenvalue weighted by molar-refractivity contribution is 0.0948. The zero-order valence-electron chi connectivity index (χ0n) is 12.2. The molecule has 114 valence electrons. The van der Waals surface area contributed by atoms with Crippen molar-refractivity contribution in [1.82, 2.24) is 10.3 Å². The molecule has 1 aliphatic rings. The van der Waals surface area contributed by atoms with Gasteiger partial charge in [0.25, 0.3) is 5.91 Å². The molecule has 1 atom stereocenters. The van der Waals surface area contributed by atoms with E-state index in [4.69, 9.17) is 11.6 Å². The summed E-state index contributed by atoms with van der Waals surface area (Å²) in [6.45, 7) is 2.65. The summed E-state index contributed by atoms with van der Waals surface area (Å²) < 4.78 is 0. The molecule has 0 radical (unpaired) electrons. The molecule has 1 N–H and O–H groups in total. The van der Waals surface area contributed by atoms with Crippen molar-refractivity contribution in [2.24, 2.45) is 5.92 Å². The lowest BCUT2D eigenvalue weighted by Gasteiger charge is -2.19. The van der Waals surface area contributed by atoms with Gasteiger partial charge in [-0.05, 0) is 48.7 Å². The fourth-order valence-corrected chi connectivity index (χ4v) is 2.85. The third-order valence-corrected chi connectivity index (χ3v) is 4.20. The van der Waals surface area contributed by atoms with Crippen molar-refractivity contribution < 1.29 is 4.79 Å². The van der Waals surface area contributed by atoms with E-state index in [0.29, 0.717) is 18.0 Å². The first-order chi connectivity index (χ1) is 10.7. The Kier molecular flexibility index (Phi) is 4.59. The number of benzene rings is 1. The van der Waals surface area contributed by atoms with Crippen molar-refractivity contribution in [2.45, 2.75) is 6.42 Å². The molecule has 5 heteroatoms. The third kappa shape index (κ3) is 3.57. The van der Waals surface area contributed by atoms with Gasteiger partial charge in [-0.25, -0.2) is 0 Å². The molecule has 0 aliphatic carbocycles. The minimum Gasteiger partial charge on any atom is -0.371 e. The predicted octanol–water partition coefficient (Wildman–Crippen LogP) is 2.99. The van der Waals surface area contributed by atoms with E-state index in [1.807, 2.05) is 24.3 Å². The zero-order valence-corrected chi connectivity index (χ0v) is 13.0. The lowest BCUT2D eigenvalue weighted by atomic mass is 10.1. The Bertz CT molecular complexity index is 630. The molecule has 0 saturated carbocycles. The molecule has 2 aromatic rings. The summed E-state index contributed by atoms with van der Waals surface area (Å²) >= 11 is 5.92. The van der Waals surface area contributed by atoms with Gasteiger partial charge >= 0.3 is 0 Å². The number of carbonyl (C=O) groups is 1. The highest BCUT2D eigenvalue weighted by atomic mass is 35.5. The van der Waals surface area contributed by atoms with E-state index >= 15 is 0 Å². The molecule has 4 nitrogen and oxygen atoms in total. The number of anilines is 1. The van der Waals surface area contributed by atoms with E-state index in [9.17, 15) is 4.79 Å². The van der Waals surface area contributed by atoms with Gasteiger partial charge in [0.05, 0.1) is 5.56 Å². The molecule has 1 amide bonds. The van der Waals surface area contributed by atoms with Gasteiger partial charge in [0.15, 0.2) is 0 Å². The van der Waals surface area contributed by atoms with Gasteiger partial charge in [-0.3, -0.25) is 9.78 Å². The molecule has 1 aromatic carbocycles. The van der Waals surface area contributed by atoms with Crippen LogP contribution in [0.5, 0.6) is 0 Å². The highest BCUT2D eigenvalue weighted by Crippen LogP contribution is 2.24. The Hall–Kier alpha value is -2.07. The van der Waals surface area contributed by atoms with Crippen LogP contribution in [-0.4, -0.2) is 30.5 Å². The number of nitrogens with zero attached hydrogens (tertiary/aromatic N) is 2. The second-order valence-electron chi connectivity index (χ2n) is 5.53. The molecule has 0 spiro atoms. The van der Waals surface area contributed by atoms with E-state index in [1.165, 1.54) is 5.69 Å². The molecule has 1 fully saturated rings. The molecule has 2 heterocycles. The number of halogens is 1. The van der Waals surface area contributed by atoms with E-state index in [2.05, 4.69) is 15.2 Å². The Morgan fingerprint density at radius 3 is 2.86 bits per heavy atom. The summed E-state index contributed by atoms with van der Waals surface area (Å²) in [6, 6.07) is 11.4. The normalized spacial score (nSPS) is 17.5. The van der Waals surface area contributed by atoms with Crippen molar-refractivity contribution in [3.05, 3.63) is 59.4 Å². The summed E-state index contributed by atoms with van der Waals surface area (Å²) in [7, 11) is 0. The van der Waals surface area contributed by atoms with Gasteiger partial charge in [-0.2, -0.15) is 0 Å². The lowest BCUT2D eigenvalue weighted by Crippen LogP contribution is -2.31. The zero-order chi connectivity index (χ0) is 15.4. The highest BCUT2D eigenvalue weighted by molar-refractivity contribution is 6.30. The second-order valence-corrected chi connectivity index (χ2v) is 5.97. The molecule has 22 heavy (non-hydrogen) atoms. The van der Waals surface area contributed by atoms with Gasteiger partial charge < -0.3 is 10.2 Å². The molecule has 0 bridgehead atoms. The average Bonchev–Trinajstić information content (AvgIpc) is 3.03. The van der Waals surface area contributed by atoms with Crippen LogP contribution in [0.1, 0.15) is 16.8 Å². The molecule has 1 aliphatic heterocycles. The summed E-state index contributed by atoms with van der Waals surface area (Å²) in [5, 5.41) is 3.75. The van der Waals surface area contributed by atoms with Crippen molar-refractivity contribution in [3.63, 3.8) is 0 Å². The van der Waals surface area contributed by atoms with Gasteiger partial charge in [0.1, 0.15) is 0 Å². The standard InChI is InChI=1S/C17H18ClN3O/c18-15-3-5-16(6-4-15)21-9-7-13(12-21)10-20-17(22)14-2-1-8-19-11-14/h1-6,8,11,13H,7,9-10,12H2,(H,20,22)/t13-/m1/s1. The Morgan fingerprint density at radius 2 is 2.14 bits per heavy atom. The minimum atomic E-state index is -0.0574. The number of aromatic nitrogens is 1. The number of pyridine rings is 1. The highest BCUT2D eigenvalue weighted by Gasteiger charge is 2.23. The fraction of sp³-hybridized carbons (Fsp3) is 0.294. The molecule has 0 unspecified atom stereocenters. The van der Waals surface area contributed by atoms with Crippen LogP contribution in [0.4, 0.5) is 5.69 Å². The fourth-order valence-electron chi connectivity index (χ4n) is 2.72. The van der Waals surface area contributed by atoms with Crippen molar-refractivity contribution in [2.75, 3.05) is 24.5 Å². The van der Waals surface area contributed by atoms with E-state index in [-0.39, 0.29) is 5.91 Å². The molecule has 1 saturated heterocycles. The minimum absolute atomic E-state index is 0.0574. The topological polar surface area (TPSA) is 45.2 Å². The first-order valence-corrected chi connectivity index (χ1v) is 7.79. The van der Waals surface area contributed by atoms with E-state index in [0.717, 1.165) is 24.5 Å². The van der Waals surface area contributed by atoms with Crippen molar-refractivity contribution in [3.8, 4) is 0 Å². The first-order valence-electron chi connectivity index (χ1n) is 7.41. The maximum absolute atomic E-state index is 12.0. The van der Waals surface area contributed by atoms with Crippen LogP contribution in [0.25, 0.3) is 0 Å². The summed E-state index contributed by atoms with van der Waals surface area (Å²) in [5.74, 6) is 0.411. The monoisotopic (exact) mass is 315 g/mol. The van der Waals surface area contributed by atoms with E-state index in [1.54, 1.807) is 24.5 Å². The predicted molar refractivity (Wildman–Crippen MR) is 88.3 cm³/mol. The number of amides is 1. The van der Waals surface area contributed by atoms with Crippen LogP contribution in [0, 0.1) is 5.92 Å². The van der Waals surface area contributed by atoms with Crippen molar-refractivity contribution >= 4 is 23.2 Å². The first kappa shape index (κ1) is 14.9. The Morgan fingerprint density at radius 1 is 1.32 bits per heavy atom.